The number of hydrogen-bond donors (Lipinski definition) is 1. The number of fused-ring (bicyclic) bond motifs is 2. The fourth-order valence-corrected chi connectivity index (χ4v) is 3.01. The Balaban J connectivity index is 0.000000171. The third-order valence-electron chi connectivity index (χ3n) is 4.56. The zero-order valence-corrected chi connectivity index (χ0v) is 17.0. The maximum Gasteiger partial charge on any atom is 0.119 e. The number of alkyl halides is 1. The lowest BCUT2D eigenvalue weighted by Gasteiger charge is -2.06. The van der Waals surface area contributed by atoms with E-state index in [0.717, 1.165) is 16.9 Å². The Morgan fingerprint density at radius 1 is 0.600 bits per heavy atom. The van der Waals surface area contributed by atoms with Crippen LogP contribution in [0.25, 0.3) is 21.5 Å². The lowest BCUT2D eigenvalue weighted by molar-refractivity contribution is 0.234. The summed E-state index contributed by atoms with van der Waals surface area (Å²) >= 11 is 0. The van der Waals surface area contributed by atoms with Crippen LogP contribution in [0, 0.1) is 0 Å². The Kier molecular flexibility index (Phi) is 8.48. The van der Waals surface area contributed by atoms with Gasteiger partial charge in [-0.2, -0.15) is 0 Å². The van der Waals surface area contributed by atoms with Crippen molar-refractivity contribution in [3.05, 3.63) is 84.9 Å². The molecule has 0 aliphatic heterocycles. The van der Waals surface area contributed by atoms with Gasteiger partial charge in [0, 0.05) is 19.4 Å². The molecule has 0 radical (unpaired) electrons. The van der Waals surface area contributed by atoms with Gasteiger partial charge < -0.3 is 14.6 Å². The first-order valence-electron chi connectivity index (χ1n) is 10.2. The molecule has 0 saturated heterocycles. The molecule has 0 fully saturated rings. The highest BCUT2D eigenvalue weighted by Gasteiger charge is 1.97. The molecule has 0 aromatic heterocycles. The van der Waals surface area contributed by atoms with Crippen molar-refractivity contribution in [2.24, 2.45) is 0 Å². The second-order valence-electron chi connectivity index (χ2n) is 6.83. The first-order valence-corrected chi connectivity index (χ1v) is 10.2. The summed E-state index contributed by atoms with van der Waals surface area (Å²) in [5, 5.41) is 13.4. The molecule has 0 aliphatic carbocycles. The topological polar surface area (TPSA) is 38.7 Å². The molecule has 0 spiro atoms. The van der Waals surface area contributed by atoms with E-state index in [2.05, 4.69) is 18.2 Å². The summed E-state index contributed by atoms with van der Waals surface area (Å²) in [6, 6.07) is 28.2. The van der Waals surface area contributed by atoms with Crippen molar-refractivity contribution in [2.75, 3.05) is 26.5 Å². The summed E-state index contributed by atoms with van der Waals surface area (Å²) < 4.78 is 22.8. The minimum atomic E-state index is -0.326. The quantitative estimate of drug-likeness (QED) is 0.355. The second-order valence-corrected chi connectivity index (χ2v) is 6.83. The van der Waals surface area contributed by atoms with Crippen LogP contribution in [0.4, 0.5) is 4.39 Å². The van der Waals surface area contributed by atoms with Gasteiger partial charge in [-0.1, -0.05) is 60.7 Å². The van der Waals surface area contributed by atoms with Crippen molar-refractivity contribution >= 4 is 21.5 Å². The van der Waals surface area contributed by atoms with Gasteiger partial charge in [-0.3, -0.25) is 4.39 Å². The molecule has 0 atom stereocenters. The summed E-state index contributed by atoms with van der Waals surface area (Å²) in [6.45, 7) is 0.852. The van der Waals surface area contributed by atoms with Gasteiger partial charge >= 0.3 is 0 Å². The monoisotopic (exact) mass is 406 g/mol. The molecule has 4 heteroatoms. The Morgan fingerprint density at radius 2 is 1.07 bits per heavy atom. The summed E-state index contributed by atoms with van der Waals surface area (Å²) in [7, 11) is 0. The first-order chi connectivity index (χ1) is 14.8. The van der Waals surface area contributed by atoms with E-state index in [0.29, 0.717) is 26.1 Å². The van der Waals surface area contributed by atoms with Gasteiger partial charge in [0.25, 0.3) is 0 Å². The maximum atomic E-state index is 11.9. The average molecular weight is 406 g/mol. The van der Waals surface area contributed by atoms with Crippen LogP contribution >= 0.6 is 0 Å². The molecule has 30 heavy (non-hydrogen) atoms. The molecule has 4 aromatic carbocycles. The molecule has 156 valence electrons. The van der Waals surface area contributed by atoms with Gasteiger partial charge in [0.15, 0.2) is 0 Å². The van der Waals surface area contributed by atoms with E-state index < -0.39 is 0 Å². The molecule has 0 unspecified atom stereocenters. The average Bonchev–Trinajstić information content (AvgIpc) is 2.80. The fourth-order valence-electron chi connectivity index (χ4n) is 3.01. The van der Waals surface area contributed by atoms with Crippen LogP contribution < -0.4 is 9.47 Å². The smallest absolute Gasteiger partial charge is 0.119 e. The molecular weight excluding hydrogens is 379 g/mol. The lowest BCUT2D eigenvalue weighted by atomic mass is 10.1. The molecule has 4 aromatic rings. The number of aliphatic hydroxyl groups excluding tert-OH is 1. The number of aliphatic hydroxyl groups is 1. The molecule has 0 heterocycles. The Hall–Kier alpha value is -3.11. The van der Waals surface area contributed by atoms with E-state index in [9.17, 15) is 4.39 Å². The number of rotatable bonds is 8. The molecular formula is C26H27FO3. The van der Waals surface area contributed by atoms with Gasteiger partial charge in [0.1, 0.15) is 11.5 Å². The fraction of sp³-hybridized carbons (Fsp3) is 0.231. The number of hydrogen-bond acceptors (Lipinski definition) is 3. The SMILES string of the molecule is FCCCOc1ccc2ccccc2c1.OCCCOc1ccc2ccccc2c1. The van der Waals surface area contributed by atoms with E-state index in [4.69, 9.17) is 14.6 Å². The molecule has 0 saturated carbocycles. The molecule has 3 nitrogen and oxygen atoms in total. The third-order valence-corrected chi connectivity index (χ3v) is 4.56. The summed E-state index contributed by atoms with van der Waals surface area (Å²) in [5.41, 5.74) is 0. The van der Waals surface area contributed by atoms with E-state index in [1.54, 1.807) is 0 Å². The van der Waals surface area contributed by atoms with Crippen molar-refractivity contribution in [1.82, 2.24) is 0 Å². The number of benzene rings is 4. The number of halogens is 1. The molecule has 0 amide bonds. The van der Waals surface area contributed by atoms with Crippen molar-refractivity contribution in [3.8, 4) is 11.5 Å². The van der Waals surface area contributed by atoms with Crippen molar-refractivity contribution in [1.29, 1.82) is 0 Å². The van der Waals surface area contributed by atoms with Crippen LogP contribution in [-0.2, 0) is 0 Å². The van der Waals surface area contributed by atoms with E-state index in [-0.39, 0.29) is 13.3 Å². The van der Waals surface area contributed by atoms with Crippen LogP contribution in [0.15, 0.2) is 84.9 Å². The van der Waals surface area contributed by atoms with Crippen LogP contribution in [0.5, 0.6) is 11.5 Å². The minimum absolute atomic E-state index is 0.174. The van der Waals surface area contributed by atoms with Crippen LogP contribution in [0.1, 0.15) is 12.8 Å². The summed E-state index contributed by atoms with van der Waals surface area (Å²) in [5.74, 6) is 1.67. The number of ether oxygens (including phenoxy) is 2. The van der Waals surface area contributed by atoms with Gasteiger partial charge in [0.05, 0.1) is 19.9 Å². The second kappa shape index (κ2) is 11.8. The van der Waals surface area contributed by atoms with E-state index in [1.807, 2.05) is 66.7 Å². The highest BCUT2D eigenvalue weighted by molar-refractivity contribution is 5.84. The Morgan fingerprint density at radius 3 is 1.53 bits per heavy atom. The molecule has 0 aliphatic rings. The van der Waals surface area contributed by atoms with Crippen molar-refractivity contribution in [3.63, 3.8) is 0 Å². The largest absolute Gasteiger partial charge is 0.493 e. The van der Waals surface area contributed by atoms with Gasteiger partial charge in [-0.25, -0.2) is 0 Å². The summed E-state index contributed by atoms with van der Waals surface area (Å²) in [6.07, 6.45) is 1.12. The normalized spacial score (nSPS) is 10.5. The maximum absolute atomic E-state index is 11.9. The Labute approximate surface area is 176 Å². The predicted molar refractivity (Wildman–Crippen MR) is 121 cm³/mol. The van der Waals surface area contributed by atoms with E-state index >= 15 is 0 Å². The van der Waals surface area contributed by atoms with Gasteiger partial charge in [-0.15, -0.1) is 0 Å². The van der Waals surface area contributed by atoms with Gasteiger partial charge in [-0.05, 0) is 45.8 Å². The standard InChI is InChI=1S/C13H13FO.C13H14O2/c2*14-8-3-9-15-13-7-6-11-4-1-2-5-12(11)10-13/h1-2,4-7,10H,3,8-9H2;1-2,4-7,10,14H,3,8-9H2. The minimum Gasteiger partial charge on any atom is -0.493 e. The highest BCUT2D eigenvalue weighted by Crippen LogP contribution is 2.21. The lowest BCUT2D eigenvalue weighted by Crippen LogP contribution is -1.99. The highest BCUT2D eigenvalue weighted by atomic mass is 19.1. The Bertz CT molecular complexity index is 963. The third kappa shape index (κ3) is 6.46. The zero-order chi connectivity index (χ0) is 21.0. The van der Waals surface area contributed by atoms with E-state index in [1.165, 1.54) is 16.2 Å². The first kappa shape index (κ1) is 21.6. The molecule has 4 rings (SSSR count). The molecule has 0 bridgehead atoms. The summed E-state index contributed by atoms with van der Waals surface area (Å²) in [4.78, 5) is 0. The van der Waals surface area contributed by atoms with Crippen molar-refractivity contribution in [2.45, 2.75) is 12.8 Å². The van der Waals surface area contributed by atoms with Crippen molar-refractivity contribution < 1.29 is 19.0 Å². The molecule has 1 N–H and O–H groups in total. The predicted octanol–water partition coefficient (Wildman–Crippen LogP) is 6.18. The van der Waals surface area contributed by atoms with Crippen LogP contribution in [0.3, 0.4) is 0 Å². The van der Waals surface area contributed by atoms with Crippen LogP contribution in [-0.4, -0.2) is 31.6 Å². The van der Waals surface area contributed by atoms with Gasteiger partial charge in [0.2, 0.25) is 0 Å². The zero-order valence-electron chi connectivity index (χ0n) is 17.0. The van der Waals surface area contributed by atoms with Crippen LogP contribution in [0.2, 0.25) is 0 Å².